The van der Waals surface area contributed by atoms with Gasteiger partial charge in [-0.25, -0.2) is 4.79 Å². The average molecular weight is 343 g/mol. The number of hydrogen-bond donors (Lipinski definition) is 3. The molecule has 2 aliphatic rings. The fourth-order valence-electron chi connectivity index (χ4n) is 3.75. The minimum atomic E-state index is -0.859. The Hall–Kier alpha value is -2.41. The lowest BCUT2D eigenvalue weighted by molar-refractivity contribution is -0.125. The summed E-state index contributed by atoms with van der Waals surface area (Å²) < 4.78 is 1.15. The van der Waals surface area contributed by atoms with Gasteiger partial charge in [0.15, 0.2) is 0 Å². The molecule has 1 aromatic carbocycles. The maximum absolute atomic E-state index is 12.4. The average Bonchev–Trinajstić information content (AvgIpc) is 3.25. The number of benzene rings is 1. The number of urea groups is 1. The highest BCUT2D eigenvalue weighted by Crippen LogP contribution is 2.37. The van der Waals surface area contributed by atoms with Crippen LogP contribution in [-0.2, 0) is 4.79 Å². The van der Waals surface area contributed by atoms with Gasteiger partial charge in [0.05, 0.1) is 0 Å². The molecule has 1 aliphatic carbocycles. The molecule has 2 atom stereocenters. The van der Waals surface area contributed by atoms with E-state index >= 15 is 0 Å². The van der Waals surface area contributed by atoms with E-state index in [1.165, 1.54) is 0 Å². The number of fused-ring (bicyclic) bond motifs is 1. The molecule has 2 aromatic rings. The second-order valence-electron chi connectivity index (χ2n) is 6.35. The third-order valence-corrected chi connectivity index (χ3v) is 5.91. The van der Waals surface area contributed by atoms with Crippen molar-refractivity contribution in [3.05, 3.63) is 35.2 Å². The fourth-order valence-corrected chi connectivity index (χ4v) is 4.52. The van der Waals surface area contributed by atoms with Crippen molar-refractivity contribution in [2.75, 3.05) is 6.54 Å². The lowest BCUT2D eigenvalue weighted by Crippen LogP contribution is -2.53. The summed E-state index contributed by atoms with van der Waals surface area (Å²) in [6.45, 7) is 0.369. The Balaban J connectivity index is 1.47. The third kappa shape index (κ3) is 2.36. The second-order valence-corrected chi connectivity index (χ2v) is 7.30. The molecule has 1 aromatic heterocycles. The van der Waals surface area contributed by atoms with Crippen LogP contribution >= 0.6 is 11.3 Å². The molecule has 24 heavy (non-hydrogen) atoms. The van der Waals surface area contributed by atoms with E-state index in [1.807, 2.05) is 29.6 Å². The molecule has 7 heteroatoms. The van der Waals surface area contributed by atoms with E-state index in [4.69, 9.17) is 0 Å². The van der Waals surface area contributed by atoms with E-state index in [2.05, 4.69) is 16.0 Å². The molecule has 2 heterocycles. The highest BCUT2D eigenvalue weighted by atomic mass is 32.1. The highest BCUT2D eigenvalue weighted by molar-refractivity contribution is 7.17. The largest absolute Gasteiger partial charge is 0.352 e. The topological polar surface area (TPSA) is 87.3 Å². The predicted molar refractivity (Wildman–Crippen MR) is 90.9 cm³/mol. The van der Waals surface area contributed by atoms with E-state index in [-0.39, 0.29) is 17.7 Å². The van der Waals surface area contributed by atoms with Crippen molar-refractivity contribution >= 4 is 39.3 Å². The molecule has 1 spiro atoms. The van der Waals surface area contributed by atoms with Crippen LogP contribution in [0.25, 0.3) is 10.1 Å². The quantitative estimate of drug-likeness (QED) is 0.745. The summed E-state index contributed by atoms with van der Waals surface area (Å²) in [7, 11) is 0. The predicted octanol–water partition coefficient (Wildman–Crippen LogP) is 2.01. The lowest BCUT2D eigenvalue weighted by atomic mass is 9.87. The minimum absolute atomic E-state index is 0.0854. The van der Waals surface area contributed by atoms with Gasteiger partial charge in [0, 0.05) is 22.7 Å². The molecule has 6 nitrogen and oxygen atoms in total. The normalized spacial score (nSPS) is 25.9. The number of hydrogen-bond acceptors (Lipinski definition) is 4. The van der Waals surface area contributed by atoms with Crippen LogP contribution in [0, 0.1) is 5.92 Å². The summed E-state index contributed by atoms with van der Waals surface area (Å²) in [6.07, 6.45) is 2.28. The van der Waals surface area contributed by atoms with Gasteiger partial charge < -0.3 is 10.6 Å². The number of nitrogens with one attached hydrogen (secondary N) is 3. The number of amides is 4. The summed E-state index contributed by atoms with van der Waals surface area (Å²) in [5.74, 6) is -0.517. The Morgan fingerprint density at radius 2 is 2.21 bits per heavy atom. The van der Waals surface area contributed by atoms with Crippen LogP contribution in [0.4, 0.5) is 4.79 Å². The van der Waals surface area contributed by atoms with Gasteiger partial charge in [0.25, 0.3) is 11.8 Å². The molecular formula is C17H17N3O3S. The molecule has 3 N–H and O–H groups in total. The number of carbonyl (C=O) groups excluding carboxylic acids is 3. The van der Waals surface area contributed by atoms with Crippen LogP contribution < -0.4 is 16.0 Å². The summed E-state index contributed by atoms with van der Waals surface area (Å²) in [5, 5.41) is 11.0. The zero-order valence-corrected chi connectivity index (χ0v) is 13.7. The number of thiophene rings is 1. The molecule has 1 saturated heterocycles. The number of imide groups is 1. The molecular weight excluding hydrogens is 326 g/mol. The Morgan fingerprint density at radius 1 is 1.33 bits per heavy atom. The van der Waals surface area contributed by atoms with E-state index < -0.39 is 11.6 Å². The molecule has 0 bridgehead atoms. The monoisotopic (exact) mass is 343 g/mol. The van der Waals surface area contributed by atoms with E-state index in [9.17, 15) is 14.4 Å². The van der Waals surface area contributed by atoms with E-state index in [0.29, 0.717) is 18.5 Å². The molecule has 0 unspecified atom stereocenters. The van der Waals surface area contributed by atoms with Gasteiger partial charge in [0.2, 0.25) is 0 Å². The Bertz CT molecular complexity index is 846. The van der Waals surface area contributed by atoms with E-state index in [1.54, 1.807) is 11.3 Å². The zero-order valence-electron chi connectivity index (χ0n) is 12.9. The van der Waals surface area contributed by atoms with Crippen molar-refractivity contribution in [2.45, 2.75) is 24.8 Å². The second kappa shape index (κ2) is 5.59. The van der Waals surface area contributed by atoms with Crippen LogP contribution in [-0.4, -0.2) is 29.9 Å². The van der Waals surface area contributed by atoms with Gasteiger partial charge in [-0.15, -0.1) is 11.3 Å². The number of rotatable bonds is 3. The van der Waals surface area contributed by atoms with Crippen molar-refractivity contribution in [3.63, 3.8) is 0 Å². The molecule has 1 saturated carbocycles. The molecule has 124 valence electrons. The van der Waals surface area contributed by atoms with E-state index in [0.717, 1.165) is 22.9 Å². The third-order valence-electron chi connectivity index (χ3n) is 5.01. The van der Waals surface area contributed by atoms with Crippen molar-refractivity contribution < 1.29 is 14.4 Å². The maximum atomic E-state index is 12.4. The first kappa shape index (κ1) is 15.1. The standard InChI is InChI=1S/C17H17N3O3S/c21-14(11-3-4-13-10(8-11)5-7-24-13)18-9-12-2-1-6-17(12)15(22)19-16(23)20-17/h3-5,7-8,12H,1-2,6,9H2,(H,18,21)(H2,19,20,22,23)/t12-,17+/m1/s1. The zero-order chi connectivity index (χ0) is 16.7. The number of carbonyl (C=O) groups is 3. The van der Waals surface area contributed by atoms with Gasteiger partial charge in [-0.1, -0.05) is 6.42 Å². The Kier molecular flexibility index (Phi) is 3.53. The van der Waals surface area contributed by atoms with Crippen LogP contribution in [0.15, 0.2) is 29.6 Å². The van der Waals surface area contributed by atoms with Gasteiger partial charge >= 0.3 is 6.03 Å². The minimum Gasteiger partial charge on any atom is -0.352 e. The van der Waals surface area contributed by atoms with Crippen molar-refractivity contribution in [1.29, 1.82) is 0 Å². The van der Waals surface area contributed by atoms with Crippen molar-refractivity contribution in [2.24, 2.45) is 5.92 Å². The maximum Gasteiger partial charge on any atom is 0.322 e. The fraction of sp³-hybridized carbons (Fsp3) is 0.353. The highest BCUT2D eigenvalue weighted by Gasteiger charge is 2.54. The molecule has 1 aliphatic heterocycles. The summed E-state index contributed by atoms with van der Waals surface area (Å²) in [4.78, 5) is 36.1. The first-order valence-corrected chi connectivity index (χ1v) is 8.85. The lowest BCUT2D eigenvalue weighted by Gasteiger charge is -2.28. The van der Waals surface area contributed by atoms with Gasteiger partial charge in [0.1, 0.15) is 5.54 Å². The van der Waals surface area contributed by atoms with Gasteiger partial charge in [-0.3, -0.25) is 14.9 Å². The smallest absolute Gasteiger partial charge is 0.322 e. The van der Waals surface area contributed by atoms with Crippen LogP contribution in [0.5, 0.6) is 0 Å². The SMILES string of the molecule is O=C1NC(=O)[C@@]2(CCC[C@@H]2CNC(=O)c2ccc3sccc3c2)N1. The van der Waals surface area contributed by atoms with Gasteiger partial charge in [-0.2, -0.15) is 0 Å². The first-order valence-electron chi connectivity index (χ1n) is 7.97. The molecule has 0 radical (unpaired) electrons. The van der Waals surface area contributed by atoms with Crippen LogP contribution in [0.1, 0.15) is 29.6 Å². The Morgan fingerprint density at radius 3 is 3.00 bits per heavy atom. The first-order chi connectivity index (χ1) is 11.6. The Labute approximate surface area is 142 Å². The summed E-state index contributed by atoms with van der Waals surface area (Å²) in [6, 6.07) is 7.16. The molecule has 2 fully saturated rings. The molecule has 4 amide bonds. The van der Waals surface area contributed by atoms with Crippen molar-refractivity contribution in [3.8, 4) is 0 Å². The van der Waals surface area contributed by atoms with Crippen molar-refractivity contribution in [1.82, 2.24) is 16.0 Å². The molecule has 4 rings (SSSR count). The van der Waals surface area contributed by atoms with Gasteiger partial charge in [-0.05, 0) is 47.9 Å². The van der Waals surface area contributed by atoms with Crippen LogP contribution in [0.2, 0.25) is 0 Å². The summed E-state index contributed by atoms with van der Waals surface area (Å²) >= 11 is 1.64. The summed E-state index contributed by atoms with van der Waals surface area (Å²) in [5.41, 5.74) is -0.255. The van der Waals surface area contributed by atoms with Crippen LogP contribution in [0.3, 0.4) is 0 Å².